The summed E-state index contributed by atoms with van der Waals surface area (Å²) in [6.45, 7) is 5.08. The second-order valence-electron chi connectivity index (χ2n) is 4.31. The zero-order valence-electron chi connectivity index (χ0n) is 11.2. The van der Waals surface area contributed by atoms with E-state index in [2.05, 4.69) is 29.6 Å². The summed E-state index contributed by atoms with van der Waals surface area (Å²) in [5, 5.41) is 5.46. The van der Waals surface area contributed by atoms with Crippen LogP contribution in [0.15, 0.2) is 35.7 Å². The summed E-state index contributed by atoms with van der Waals surface area (Å²) in [7, 11) is 0. The van der Waals surface area contributed by atoms with Crippen molar-refractivity contribution < 1.29 is 4.74 Å². The quantitative estimate of drug-likeness (QED) is 0.816. The van der Waals surface area contributed by atoms with Gasteiger partial charge in [0.05, 0.1) is 6.61 Å². The van der Waals surface area contributed by atoms with Gasteiger partial charge < -0.3 is 15.8 Å². The second-order valence-corrected chi connectivity index (χ2v) is 5.31. The van der Waals surface area contributed by atoms with E-state index in [-0.39, 0.29) is 0 Å². The van der Waals surface area contributed by atoms with Crippen LogP contribution >= 0.6 is 11.3 Å². The molecule has 0 amide bonds. The first-order valence-corrected chi connectivity index (χ1v) is 7.36. The lowest BCUT2D eigenvalue weighted by molar-refractivity contribution is 0.133. The van der Waals surface area contributed by atoms with Gasteiger partial charge in [-0.2, -0.15) is 0 Å². The zero-order valence-corrected chi connectivity index (χ0v) is 12.0. The van der Waals surface area contributed by atoms with Gasteiger partial charge in [-0.25, -0.2) is 0 Å². The van der Waals surface area contributed by atoms with Crippen molar-refractivity contribution in [1.29, 1.82) is 0 Å². The van der Waals surface area contributed by atoms with Crippen LogP contribution < -0.4 is 11.1 Å². The summed E-state index contributed by atoms with van der Waals surface area (Å²) in [4.78, 5) is 1.20. The average molecular weight is 276 g/mol. The molecule has 3 nitrogen and oxygen atoms in total. The Balaban J connectivity index is 1.90. The van der Waals surface area contributed by atoms with Gasteiger partial charge in [0, 0.05) is 30.3 Å². The van der Waals surface area contributed by atoms with Crippen LogP contribution in [0.5, 0.6) is 0 Å². The summed E-state index contributed by atoms with van der Waals surface area (Å²) in [5.41, 5.74) is 9.27. The Bertz CT molecular complexity index is 510. The minimum absolute atomic E-state index is 0.676. The molecule has 0 aliphatic rings. The number of anilines is 1. The van der Waals surface area contributed by atoms with E-state index in [1.807, 2.05) is 18.4 Å². The van der Waals surface area contributed by atoms with Crippen LogP contribution in [0.2, 0.25) is 0 Å². The Morgan fingerprint density at radius 2 is 1.95 bits per heavy atom. The third-order valence-corrected chi connectivity index (χ3v) is 3.90. The topological polar surface area (TPSA) is 47.3 Å². The van der Waals surface area contributed by atoms with Crippen LogP contribution in [0.1, 0.15) is 22.9 Å². The maximum absolute atomic E-state index is 5.87. The van der Waals surface area contributed by atoms with Gasteiger partial charge in [0.2, 0.25) is 0 Å². The molecule has 0 saturated heterocycles. The first kappa shape index (κ1) is 14.1. The maximum atomic E-state index is 5.87. The fourth-order valence-electron chi connectivity index (χ4n) is 1.89. The molecule has 1 heterocycles. The lowest BCUT2D eigenvalue weighted by Gasteiger charge is -2.10. The van der Waals surface area contributed by atoms with Crippen LogP contribution in [0.25, 0.3) is 0 Å². The second kappa shape index (κ2) is 7.28. The molecular weight excluding hydrogens is 256 g/mol. The average Bonchev–Trinajstić information content (AvgIpc) is 2.83. The van der Waals surface area contributed by atoms with Crippen LogP contribution in [-0.4, -0.2) is 6.61 Å². The number of rotatable bonds is 7. The first-order valence-electron chi connectivity index (χ1n) is 6.48. The lowest BCUT2D eigenvalue weighted by atomic mass is 10.1. The smallest absolute Gasteiger partial charge is 0.0719 e. The van der Waals surface area contributed by atoms with Crippen LogP contribution in [-0.2, 0) is 24.4 Å². The van der Waals surface area contributed by atoms with Crippen molar-refractivity contribution in [2.75, 3.05) is 12.3 Å². The molecule has 0 unspecified atom stereocenters. The van der Waals surface area contributed by atoms with Crippen molar-refractivity contribution in [1.82, 2.24) is 5.32 Å². The molecule has 0 fully saturated rings. The fourth-order valence-corrected chi connectivity index (χ4v) is 2.66. The number of ether oxygens (including phenoxy) is 1. The van der Waals surface area contributed by atoms with Gasteiger partial charge in [0.1, 0.15) is 0 Å². The molecule has 0 atom stereocenters. The third-order valence-electron chi connectivity index (χ3n) is 2.96. The standard InChI is InChI=1S/C15H20N2OS/c1-2-18-11-13-6-4-3-5-12(13)9-17-10-15-14(16)7-8-19-15/h3-8,17H,2,9-11,16H2,1H3. The summed E-state index contributed by atoms with van der Waals surface area (Å²) in [5.74, 6) is 0. The molecule has 4 heteroatoms. The number of nitrogens with one attached hydrogen (secondary N) is 1. The fraction of sp³-hybridized carbons (Fsp3) is 0.333. The van der Waals surface area contributed by atoms with Gasteiger partial charge in [-0.3, -0.25) is 0 Å². The number of thiophene rings is 1. The highest BCUT2D eigenvalue weighted by Gasteiger charge is 2.03. The number of nitrogens with two attached hydrogens (primary N) is 1. The lowest BCUT2D eigenvalue weighted by Crippen LogP contribution is -2.14. The molecule has 0 radical (unpaired) electrons. The predicted octanol–water partition coefficient (Wildman–Crippen LogP) is 3.16. The Morgan fingerprint density at radius 1 is 1.16 bits per heavy atom. The van der Waals surface area contributed by atoms with Crippen molar-refractivity contribution in [3.8, 4) is 0 Å². The molecule has 102 valence electrons. The molecule has 2 aromatic rings. The maximum Gasteiger partial charge on any atom is 0.0719 e. The number of hydrogen-bond acceptors (Lipinski definition) is 4. The Hall–Kier alpha value is -1.36. The van der Waals surface area contributed by atoms with Crippen molar-refractivity contribution in [3.05, 3.63) is 51.7 Å². The first-order chi connectivity index (χ1) is 9.31. The van der Waals surface area contributed by atoms with Crippen LogP contribution in [0, 0.1) is 0 Å². The summed E-state index contributed by atoms with van der Waals surface area (Å²) < 4.78 is 5.49. The number of hydrogen-bond donors (Lipinski definition) is 2. The van der Waals surface area contributed by atoms with E-state index in [0.29, 0.717) is 6.61 Å². The molecular formula is C15H20N2OS. The summed E-state index contributed by atoms with van der Waals surface area (Å²) in [6.07, 6.45) is 0. The normalized spacial score (nSPS) is 10.8. The molecule has 0 bridgehead atoms. The summed E-state index contributed by atoms with van der Waals surface area (Å²) >= 11 is 1.69. The van der Waals surface area contributed by atoms with E-state index in [0.717, 1.165) is 25.4 Å². The van der Waals surface area contributed by atoms with Crippen molar-refractivity contribution in [2.45, 2.75) is 26.6 Å². The molecule has 0 aliphatic carbocycles. The highest BCUT2D eigenvalue weighted by Crippen LogP contribution is 2.18. The minimum Gasteiger partial charge on any atom is -0.398 e. The van der Waals surface area contributed by atoms with Crippen LogP contribution in [0.4, 0.5) is 5.69 Å². The summed E-state index contributed by atoms with van der Waals surface area (Å²) in [6, 6.07) is 10.3. The molecule has 1 aromatic carbocycles. The molecule has 3 N–H and O–H groups in total. The molecule has 19 heavy (non-hydrogen) atoms. The van der Waals surface area contributed by atoms with E-state index in [4.69, 9.17) is 10.5 Å². The monoisotopic (exact) mass is 276 g/mol. The number of benzene rings is 1. The molecule has 0 aliphatic heterocycles. The highest BCUT2D eigenvalue weighted by atomic mass is 32.1. The predicted molar refractivity (Wildman–Crippen MR) is 81.0 cm³/mol. The van der Waals surface area contributed by atoms with Gasteiger partial charge in [-0.15, -0.1) is 11.3 Å². The van der Waals surface area contributed by atoms with E-state index < -0.39 is 0 Å². The Kier molecular flexibility index (Phi) is 5.39. The van der Waals surface area contributed by atoms with E-state index in [1.54, 1.807) is 11.3 Å². The van der Waals surface area contributed by atoms with Gasteiger partial charge in [-0.1, -0.05) is 24.3 Å². The largest absolute Gasteiger partial charge is 0.398 e. The highest BCUT2D eigenvalue weighted by molar-refractivity contribution is 7.10. The minimum atomic E-state index is 0.676. The molecule has 1 aromatic heterocycles. The van der Waals surface area contributed by atoms with E-state index in [1.165, 1.54) is 16.0 Å². The van der Waals surface area contributed by atoms with Gasteiger partial charge in [0.15, 0.2) is 0 Å². The van der Waals surface area contributed by atoms with Gasteiger partial charge in [0.25, 0.3) is 0 Å². The molecule has 2 rings (SSSR count). The SMILES string of the molecule is CCOCc1ccccc1CNCc1sccc1N. The van der Waals surface area contributed by atoms with Crippen molar-refractivity contribution in [3.63, 3.8) is 0 Å². The van der Waals surface area contributed by atoms with E-state index in [9.17, 15) is 0 Å². The van der Waals surface area contributed by atoms with Gasteiger partial charge in [-0.05, 0) is 29.5 Å². The van der Waals surface area contributed by atoms with Crippen molar-refractivity contribution >= 4 is 17.0 Å². The molecule has 0 spiro atoms. The van der Waals surface area contributed by atoms with Crippen molar-refractivity contribution in [2.24, 2.45) is 0 Å². The Morgan fingerprint density at radius 3 is 2.63 bits per heavy atom. The van der Waals surface area contributed by atoms with E-state index >= 15 is 0 Å². The molecule has 0 saturated carbocycles. The Labute approximate surface area is 118 Å². The third kappa shape index (κ3) is 4.06. The van der Waals surface area contributed by atoms with Crippen LogP contribution in [0.3, 0.4) is 0 Å². The number of nitrogen functional groups attached to an aromatic ring is 1. The van der Waals surface area contributed by atoms with Gasteiger partial charge >= 0.3 is 0 Å². The zero-order chi connectivity index (χ0) is 13.5.